The highest BCUT2D eigenvalue weighted by Gasteiger charge is 2.34. The lowest BCUT2D eigenvalue weighted by Gasteiger charge is -2.42. The molecule has 102 valence electrons. The van der Waals surface area contributed by atoms with Crippen LogP contribution in [-0.4, -0.2) is 60.6 Å². The fraction of sp³-hybridized carbons (Fsp3) is 0.929. The summed E-state index contributed by atoms with van der Waals surface area (Å²) in [6, 6.07) is 3.64. The van der Waals surface area contributed by atoms with Gasteiger partial charge in [-0.1, -0.05) is 0 Å². The van der Waals surface area contributed by atoms with E-state index in [0.717, 1.165) is 19.0 Å². The molecule has 4 heteroatoms. The monoisotopic (exact) mass is 250 g/mol. The lowest BCUT2D eigenvalue weighted by molar-refractivity contribution is 0.0681. The van der Waals surface area contributed by atoms with Crippen molar-refractivity contribution in [2.24, 2.45) is 0 Å². The summed E-state index contributed by atoms with van der Waals surface area (Å²) in [5, 5.41) is 12.4. The standard InChI is InChI=1S/C14H26N4/c1-12(9-14(2,11-15)16-3)18-8-7-17-6-4-5-13(17)10-18/h12-13,16H,4-10H2,1-3H3. The molecule has 2 aliphatic rings. The summed E-state index contributed by atoms with van der Waals surface area (Å²) in [6.45, 7) is 9.10. The first-order valence-corrected chi connectivity index (χ1v) is 7.16. The first-order chi connectivity index (χ1) is 8.58. The van der Waals surface area contributed by atoms with Gasteiger partial charge < -0.3 is 5.32 Å². The van der Waals surface area contributed by atoms with Crippen LogP contribution in [0.25, 0.3) is 0 Å². The van der Waals surface area contributed by atoms with Crippen molar-refractivity contribution in [1.29, 1.82) is 5.26 Å². The molecule has 0 spiro atoms. The van der Waals surface area contributed by atoms with Crippen LogP contribution in [0.2, 0.25) is 0 Å². The molecule has 0 aromatic heterocycles. The van der Waals surface area contributed by atoms with Crippen LogP contribution in [-0.2, 0) is 0 Å². The SMILES string of the molecule is CNC(C)(C#N)CC(C)N1CCN2CCCC2C1. The second-order valence-corrected chi connectivity index (χ2v) is 6.07. The van der Waals surface area contributed by atoms with E-state index in [2.05, 4.69) is 28.1 Å². The fourth-order valence-electron chi connectivity index (χ4n) is 3.34. The zero-order valence-electron chi connectivity index (χ0n) is 11.9. The lowest BCUT2D eigenvalue weighted by Crippen LogP contribution is -2.55. The topological polar surface area (TPSA) is 42.3 Å². The number of fused-ring (bicyclic) bond motifs is 1. The van der Waals surface area contributed by atoms with Crippen molar-refractivity contribution in [2.45, 2.75) is 50.7 Å². The van der Waals surface area contributed by atoms with Gasteiger partial charge in [-0.3, -0.25) is 9.80 Å². The molecule has 0 bridgehead atoms. The number of piperazine rings is 1. The molecule has 2 heterocycles. The van der Waals surface area contributed by atoms with Crippen molar-refractivity contribution in [3.05, 3.63) is 0 Å². The summed E-state index contributed by atoms with van der Waals surface area (Å²) in [6.07, 6.45) is 3.61. The van der Waals surface area contributed by atoms with Crippen LogP contribution in [0.1, 0.15) is 33.1 Å². The van der Waals surface area contributed by atoms with Gasteiger partial charge in [-0.25, -0.2) is 0 Å². The van der Waals surface area contributed by atoms with Crippen LogP contribution in [0.15, 0.2) is 0 Å². The number of hydrogen-bond acceptors (Lipinski definition) is 4. The molecule has 3 atom stereocenters. The number of nitrogens with one attached hydrogen (secondary N) is 1. The Morgan fingerprint density at radius 3 is 2.89 bits per heavy atom. The summed E-state index contributed by atoms with van der Waals surface area (Å²) in [5.41, 5.74) is -0.397. The smallest absolute Gasteiger partial charge is 0.105 e. The Bertz CT molecular complexity index is 324. The van der Waals surface area contributed by atoms with Gasteiger partial charge in [0.2, 0.25) is 0 Å². The third kappa shape index (κ3) is 2.85. The second kappa shape index (κ2) is 5.56. The van der Waals surface area contributed by atoms with E-state index in [9.17, 15) is 5.26 Å². The summed E-state index contributed by atoms with van der Waals surface area (Å²) < 4.78 is 0. The second-order valence-electron chi connectivity index (χ2n) is 6.07. The zero-order valence-corrected chi connectivity index (χ0v) is 11.9. The molecule has 0 radical (unpaired) electrons. The molecule has 2 rings (SSSR count). The minimum atomic E-state index is -0.397. The van der Waals surface area contributed by atoms with Gasteiger partial charge in [-0.2, -0.15) is 5.26 Å². The molecule has 2 saturated heterocycles. The number of hydrogen-bond donors (Lipinski definition) is 1. The van der Waals surface area contributed by atoms with Gasteiger partial charge in [0.15, 0.2) is 0 Å². The van der Waals surface area contributed by atoms with E-state index >= 15 is 0 Å². The Labute approximate surface area is 111 Å². The molecule has 0 aromatic rings. The normalized spacial score (nSPS) is 30.4. The summed E-state index contributed by atoms with van der Waals surface area (Å²) in [5.74, 6) is 0. The minimum absolute atomic E-state index is 0.397. The van der Waals surface area contributed by atoms with E-state index in [0.29, 0.717) is 6.04 Å². The van der Waals surface area contributed by atoms with Crippen molar-refractivity contribution >= 4 is 0 Å². The molecule has 2 fully saturated rings. The van der Waals surface area contributed by atoms with Crippen molar-refractivity contribution in [1.82, 2.24) is 15.1 Å². The molecule has 0 saturated carbocycles. The van der Waals surface area contributed by atoms with Gasteiger partial charge >= 0.3 is 0 Å². The van der Waals surface area contributed by atoms with E-state index in [1.165, 1.54) is 32.5 Å². The van der Waals surface area contributed by atoms with Crippen LogP contribution in [0.3, 0.4) is 0 Å². The van der Waals surface area contributed by atoms with E-state index in [-0.39, 0.29) is 0 Å². The highest BCUT2D eigenvalue weighted by molar-refractivity contribution is 5.05. The summed E-state index contributed by atoms with van der Waals surface area (Å²) in [7, 11) is 1.88. The predicted molar refractivity (Wildman–Crippen MR) is 73.3 cm³/mol. The van der Waals surface area contributed by atoms with Crippen LogP contribution < -0.4 is 5.32 Å². The molecular formula is C14H26N4. The van der Waals surface area contributed by atoms with Gasteiger partial charge in [0, 0.05) is 31.7 Å². The highest BCUT2D eigenvalue weighted by Crippen LogP contribution is 2.24. The molecule has 0 amide bonds. The van der Waals surface area contributed by atoms with Gasteiger partial charge in [-0.15, -0.1) is 0 Å². The maximum Gasteiger partial charge on any atom is 0.105 e. The van der Waals surface area contributed by atoms with Gasteiger partial charge in [-0.05, 0) is 46.7 Å². The number of nitriles is 1. The maximum atomic E-state index is 9.24. The first-order valence-electron chi connectivity index (χ1n) is 7.16. The largest absolute Gasteiger partial charge is 0.303 e. The minimum Gasteiger partial charge on any atom is -0.303 e. The van der Waals surface area contributed by atoms with Gasteiger partial charge in [0.1, 0.15) is 5.54 Å². The Kier molecular flexibility index (Phi) is 4.26. The van der Waals surface area contributed by atoms with Gasteiger partial charge in [0.25, 0.3) is 0 Å². The third-order valence-corrected chi connectivity index (χ3v) is 4.74. The van der Waals surface area contributed by atoms with E-state index in [1.54, 1.807) is 0 Å². The quantitative estimate of drug-likeness (QED) is 0.810. The molecule has 0 aliphatic carbocycles. The van der Waals surface area contributed by atoms with Crippen molar-refractivity contribution < 1.29 is 0 Å². The van der Waals surface area contributed by atoms with Crippen molar-refractivity contribution in [3.63, 3.8) is 0 Å². The van der Waals surface area contributed by atoms with E-state index < -0.39 is 5.54 Å². The van der Waals surface area contributed by atoms with Gasteiger partial charge in [0.05, 0.1) is 6.07 Å². The van der Waals surface area contributed by atoms with Crippen molar-refractivity contribution in [2.75, 3.05) is 33.2 Å². The van der Waals surface area contributed by atoms with E-state index in [4.69, 9.17) is 0 Å². The maximum absolute atomic E-state index is 9.24. The first kappa shape index (κ1) is 13.8. The van der Waals surface area contributed by atoms with E-state index in [1.807, 2.05) is 14.0 Å². The van der Waals surface area contributed by atoms with Crippen LogP contribution in [0.5, 0.6) is 0 Å². The lowest BCUT2D eigenvalue weighted by atomic mass is 9.94. The predicted octanol–water partition coefficient (Wildman–Crippen LogP) is 1.05. The average molecular weight is 250 g/mol. The molecule has 0 aromatic carbocycles. The van der Waals surface area contributed by atoms with Crippen LogP contribution >= 0.6 is 0 Å². The molecule has 1 N–H and O–H groups in total. The summed E-state index contributed by atoms with van der Waals surface area (Å²) >= 11 is 0. The fourth-order valence-corrected chi connectivity index (χ4v) is 3.34. The zero-order chi connectivity index (χ0) is 13.2. The Morgan fingerprint density at radius 2 is 2.22 bits per heavy atom. The number of nitrogens with zero attached hydrogens (tertiary/aromatic N) is 3. The Balaban J connectivity index is 1.90. The molecular weight excluding hydrogens is 224 g/mol. The van der Waals surface area contributed by atoms with Crippen LogP contribution in [0, 0.1) is 11.3 Å². The summed E-state index contributed by atoms with van der Waals surface area (Å²) in [4.78, 5) is 5.20. The van der Waals surface area contributed by atoms with Crippen molar-refractivity contribution in [3.8, 4) is 6.07 Å². The third-order valence-electron chi connectivity index (χ3n) is 4.74. The van der Waals surface area contributed by atoms with Crippen LogP contribution in [0.4, 0.5) is 0 Å². The molecule has 2 aliphatic heterocycles. The molecule has 4 nitrogen and oxygen atoms in total. The Hall–Kier alpha value is -0.630. The Morgan fingerprint density at radius 1 is 1.44 bits per heavy atom. The molecule has 18 heavy (non-hydrogen) atoms. The highest BCUT2D eigenvalue weighted by atomic mass is 15.3. The molecule has 3 unspecified atom stereocenters. The number of rotatable bonds is 4. The average Bonchev–Trinajstić information content (AvgIpc) is 2.85.